The van der Waals surface area contributed by atoms with Gasteiger partial charge in [-0.15, -0.1) is 0 Å². The molecule has 0 bridgehead atoms. The number of carboxylic acids is 1. The summed E-state index contributed by atoms with van der Waals surface area (Å²) in [5.41, 5.74) is -0.0983. The molecule has 1 aliphatic rings. The molecule has 20 heavy (non-hydrogen) atoms. The normalized spacial score (nSPS) is 17.5. The van der Waals surface area contributed by atoms with Gasteiger partial charge >= 0.3 is 5.97 Å². The number of ether oxygens (including phenoxy) is 1. The van der Waals surface area contributed by atoms with Crippen molar-refractivity contribution in [1.82, 2.24) is 10.2 Å². The van der Waals surface area contributed by atoms with Crippen molar-refractivity contribution in [3.8, 4) is 6.07 Å². The predicted molar refractivity (Wildman–Crippen MR) is 70.5 cm³/mol. The summed E-state index contributed by atoms with van der Waals surface area (Å²) in [5, 5.41) is 20.7. The first-order valence-electron chi connectivity index (χ1n) is 6.43. The third-order valence-corrected chi connectivity index (χ3v) is 2.99. The minimum absolute atomic E-state index is 0.0983. The van der Waals surface area contributed by atoms with Crippen LogP contribution in [0.15, 0.2) is 11.8 Å². The smallest absolute Gasteiger partial charge is 0.326 e. The van der Waals surface area contributed by atoms with Crippen LogP contribution >= 0.6 is 0 Å². The van der Waals surface area contributed by atoms with E-state index >= 15 is 0 Å². The SMILES string of the molecule is CC(C)C(N/C=C(/C#N)C(=O)N1CCOCC1)C(=O)O. The monoisotopic (exact) mass is 281 g/mol. The molecule has 7 heteroatoms. The summed E-state index contributed by atoms with van der Waals surface area (Å²) in [6, 6.07) is 0.969. The van der Waals surface area contributed by atoms with Gasteiger partial charge in [-0.2, -0.15) is 5.26 Å². The van der Waals surface area contributed by atoms with Gasteiger partial charge in [0.1, 0.15) is 17.7 Å². The number of nitrogens with zero attached hydrogens (tertiary/aromatic N) is 2. The van der Waals surface area contributed by atoms with Gasteiger partial charge < -0.3 is 20.1 Å². The van der Waals surface area contributed by atoms with Crippen LogP contribution in [0.4, 0.5) is 0 Å². The predicted octanol–water partition coefficient (Wildman–Crippen LogP) is -0.0485. The molecule has 1 aliphatic heterocycles. The summed E-state index contributed by atoms with van der Waals surface area (Å²) in [5.74, 6) is -1.59. The van der Waals surface area contributed by atoms with Gasteiger partial charge in [0, 0.05) is 19.3 Å². The Morgan fingerprint density at radius 2 is 2.00 bits per heavy atom. The van der Waals surface area contributed by atoms with Crippen LogP contribution in [0.25, 0.3) is 0 Å². The first kappa shape index (κ1) is 16.0. The molecule has 1 rings (SSSR count). The Labute approximate surface area is 117 Å². The zero-order valence-corrected chi connectivity index (χ0v) is 11.6. The van der Waals surface area contributed by atoms with Crippen molar-refractivity contribution in [3.63, 3.8) is 0 Å². The van der Waals surface area contributed by atoms with Crippen LogP contribution in [0.5, 0.6) is 0 Å². The Bertz CT molecular complexity index is 433. The van der Waals surface area contributed by atoms with Gasteiger partial charge in [0.25, 0.3) is 5.91 Å². The first-order chi connectivity index (χ1) is 9.47. The quantitative estimate of drug-likeness (QED) is 0.541. The number of rotatable bonds is 5. The average Bonchev–Trinajstić information content (AvgIpc) is 2.43. The van der Waals surface area contributed by atoms with Gasteiger partial charge in [-0.1, -0.05) is 13.8 Å². The molecular formula is C13H19N3O4. The van der Waals surface area contributed by atoms with Gasteiger partial charge in [-0.25, -0.2) is 4.79 Å². The van der Waals surface area contributed by atoms with Crippen LogP contribution < -0.4 is 5.32 Å². The summed E-state index contributed by atoms with van der Waals surface area (Å²) in [6.07, 6.45) is 1.19. The van der Waals surface area contributed by atoms with Gasteiger partial charge in [-0.3, -0.25) is 4.79 Å². The zero-order chi connectivity index (χ0) is 15.1. The molecule has 1 saturated heterocycles. The second-order valence-electron chi connectivity index (χ2n) is 4.80. The summed E-state index contributed by atoms with van der Waals surface area (Å²) in [6.45, 7) is 5.25. The lowest BCUT2D eigenvalue weighted by Gasteiger charge is -2.26. The van der Waals surface area contributed by atoms with Crippen molar-refractivity contribution in [1.29, 1.82) is 5.26 Å². The maximum absolute atomic E-state index is 12.1. The summed E-state index contributed by atoms with van der Waals surface area (Å²) in [7, 11) is 0. The van der Waals surface area contributed by atoms with E-state index in [4.69, 9.17) is 15.1 Å². The summed E-state index contributed by atoms with van der Waals surface area (Å²) >= 11 is 0. The van der Waals surface area contributed by atoms with Crippen LogP contribution in [0.2, 0.25) is 0 Å². The zero-order valence-electron chi connectivity index (χ0n) is 11.6. The van der Waals surface area contributed by atoms with Gasteiger partial charge in [-0.05, 0) is 5.92 Å². The third-order valence-electron chi connectivity index (χ3n) is 2.99. The van der Waals surface area contributed by atoms with Crippen LogP contribution in [-0.4, -0.2) is 54.2 Å². The van der Waals surface area contributed by atoms with E-state index in [-0.39, 0.29) is 11.5 Å². The highest BCUT2D eigenvalue weighted by atomic mass is 16.5. The van der Waals surface area contributed by atoms with Crippen LogP contribution in [0, 0.1) is 17.2 Å². The molecule has 1 heterocycles. The van der Waals surface area contributed by atoms with Crippen LogP contribution in [0.1, 0.15) is 13.8 Å². The fourth-order valence-electron chi connectivity index (χ4n) is 1.80. The number of hydrogen-bond donors (Lipinski definition) is 2. The molecule has 0 aromatic heterocycles. The molecule has 1 unspecified atom stereocenters. The molecule has 1 fully saturated rings. The molecule has 7 nitrogen and oxygen atoms in total. The first-order valence-corrected chi connectivity index (χ1v) is 6.43. The minimum Gasteiger partial charge on any atom is -0.480 e. The van der Waals surface area contributed by atoms with E-state index in [1.807, 2.05) is 0 Å². The Morgan fingerprint density at radius 3 is 2.45 bits per heavy atom. The molecule has 0 radical (unpaired) electrons. The third kappa shape index (κ3) is 4.24. The van der Waals surface area contributed by atoms with E-state index in [9.17, 15) is 9.59 Å². The highest BCUT2D eigenvalue weighted by Gasteiger charge is 2.23. The molecule has 0 aliphatic carbocycles. The van der Waals surface area contributed by atoms with Crippen molar-refractivity contribution in [2.45, 2.75) is 19.9 Å². The molecule has 1 amide bonds. The summed E-state index contributed by atoms with van der Waals surface area (Å²) < 4.78 is 5.13. The van der Waals surface area contributed by atoms with Crippen molar-refractivity contribution >= 4 is 11.9 Å². The van der Waals surface area contributed by atoms with E-state index in [0.717, 1.165) is 0 Å². The van der Waals surface area contributed by atoms with Gasteiger partial charge in [0.2, 0.25) is 0 Å². The minimum atomic E-state index is -1.02. The number of amides is 1. The largest absolute Gasteiger partial charge is 0.480 e. The maximum Gasteiger partial charge on any atom is 0.326 e. The molecule has 0 spiro atoms. The Kier molecular flexibility index (Phi) is 6.00. The number of carboxylic acid groups (broad SMARTS) is 1. The molecule has 0 aromatic carbocycles. The van der Waals surface area contributed by atoms with Crippen molar-refractivity contribution < 1.29 is 19.4 Å². The average molecular weight is 281 g/mol. The summed E-state index contributed by atoms with van der Waals surface area (Å²) in [4.78, 5) is 24.6. The maximum atomic E-state index is 12.1. The van der Waals surface area contributed by atoms with E-state index in [1.54, 1.807) is 19.9 Å². The Morgan fingerprint density at radius 1 is 1.40 bits per heavy atom. The van der Waals surface area contributed by atoms with E-state index in [0.29, 0.717) is 26.3 Å². The van der Waals surface area contributed by atoms with E-state index in [2.05, 4.69) is 5.32 Å². The lowest BCUT2D eigenvalue weighted by atomic mass is 10.1. The van der Waals surface area contributed by atoms with Crippen LogP contribution in [0.3, 0.4) is 0 Å². The standard InChI is InChI=1S/C13H19N3O4/c1-9(2)11(13(18)19)15-8-10(7-14)12(17)16-3-5-20-6-4-16/h8-9,11,15H,3-6H2,1-2H3,(H,18,19)/b10-8-. The Hall–Kier alpha value is -2.07. The molecule has 110 valence electrons. The van der Waals surface area contributed by atoms with Crippen molar-refractivity contribution in [2.75, 3.05) is 26.3 Å². The Balaban J connectivity index is 2.73. The van der Waals surface area contributed by atoms with Crippen molar-refractivity contribution in [3.05, 3.63) is 11.8 Å². The molecule has 0 saturated carbocycles. The van der Waals surface area contributed by atoms with E-state index in [1.165, 1.54) is 11.1 Å². The van der Waals surface area contributed by atoms with Crippen molar-refractivity contribution in [2.24, 2.45) is 5.92 Å². The number of morpholine rings is 1. The number of aliphatic carboxylic acids is 1. The lowest BCUT2D eigenvalue weighted by Crippen LogP contribution is -2.42. The fraction of sp³-hybridized carbons (Fsp3) is 0.615. The highest BCUT2D eigenvalue weighted by molar-refractivity contribution is 5.97. The van der Waals surface area contributed by atoms with Crippen LogP contribution in [-0.2, 0) is 14.3 Å². The van der Waals surface area contributed by atoms with Gasteiger partial charge in [0.15, 0.2) is 0 Å². The second kappa shape index (κ2) is 7.50. The number of hydrogen-bond acceptors (Lipinski definition) is 5. The second-order valence-corrected chi connectivity index (χ2v) is 4.80. The molecule has 2 N–H and O–H groups in total. The number of nitriles is 1. The fourth-order valence-corrected chi connectivity index (χ4v) is 1.80. The highest BCUT2D eigenvalue weighted by Crippen LogP contribution is 2.06. The number of carbonyl (C=O) groups is 2. The topological polar surface area (TPSA) is 103 Å². The number of nitrogens with one attached hydrogen (secondary N) is 1. The number of carbonyl (C=O) groups excluding carboxylic acids is 1. The molecule has 0 aromatic rings. The van der Waals surface area contributed by atoms with E-state index < -0.39 is 17.9 Å². The molecular weight excluding hydrogens is 262 g/mol. The van der Waals surface area contributed by atoms with Gasteiger partial charge in [0.05, 0.1) is 13.2 Å². The lowest BCUT2D eigenvalue weighted by molar-refractivity contribution is -0.140. The molecule has 1 atom stereocenters.